The number of hydrogen-bond donors (Lipinski definition) is 1. The highest BCUT2D eigenvalue weighted by molar-refractivity contribution is 5.95. The van der Waals surface area contributed by atoms with Gasteiger partial charge in [-0.05, 0) is 62.9 Å². The number of hydrogen-bond acceptors (Lipinski definition) is 3. The van der Waals surface area contributed by atoms with E-state index in [0.29, 0.717) is 12.6 Å². The molecule has 2 aliphatic heterocycles. The van der Waals surface area contributed by atoms with Crippen LogP contribution in [0.5, 0.6) is 0 Å². The van der Waals surface area contributed by atoms with Crippen LogP contribution in [-0.4, -0.2) is 31.6 Å². The molecule has 0 spiro atoms. The van der Waals surface area contributed by atoms with E-state index in [9.17, 15) is 0 Å². The van der Waals surface area contributed by atoms with Gasteiger partial charge in [0.1, 0.15) is 6.61 Å². The summed E-state index contributed by atoms with van der Waals surface area (Å²) in [6, 6.07) is 9.02. The van der Waals surface area contributed by atoms with E-state index >= 15 is 0 Å². The fourth-order valence-corrected chi connectivity index (χ4v) is 2.85. The molecule has 1 saturated heterocycles. The summed E-state index contributed by atoms with van der Waals surface area (Å²) in [5, 5.41) is 3.48. The third-order valence-corrected chi connectivity index (χ3v) is 3.92. The lowest BCUT2D eigenvalue weighted by atomic mass is 9.92. The van der Waals surface area contributed by atoms with Crippen LogP contribution < -0.4 is 5.32 Å². The number of benzene rings is 1. The summed E-state index contributed by atoms with van der Waals surface area (Å²) in [5.41, 5.74) is 2.53. The van der Waals surface area contributed by atoms with Crippen molar-refractivity contribution in [2.75, 3.05) is 19.7 Å². The van der Waals surface area contributed by atoms with Crippen molar-refractivity contribution in [2.24, 2.45) is 10.9 Å². The Kier molecular flexibility index (Phi) is 3.83. The van der Waals surface area contributed by atoms with Crippen LogP contribution in [0.2, 0.25) is 0 Å². The zero-order valence-corrected chi connectivity index (χ0v) is 11.6. The van der Waals surface area contributed by atoms with E-state index in [0.717, 1.165) is 23.9 Å². The second-order valence-electron chi connectivity index (χ2n) is 5.71. The van der Waals surface area contributed by atoms with Crippen LogP contribution >= 0.6 is 0 Å². The van der Waals surface area contributed by atoms with Gasteiger partial charge < -0.3 is 10.1 Å². The first-order valence-electron chi connectivity index (χ1n) is 7.32. The molecule has 0 aromatic heterocycles. The predicted octanol–water partition coefficient (Wildman–Crippen LogP) is 2.39. The van der Waals surface area contributed by atoms with Crippen LogP contribution in [0.1, 0.15) is 30.9 Å². The predicted molar refractivity (Wildman–Crippen MR) is 77.7 cm³/mol. The number of ether oxygens (including phenoxy) is 1. The standard InChI is InChI=1S/C16H22N2O/c1-12-11-19-16(18-12)15-6-4-13(5-7-15)9-14-3-2-8-17-10-14/h4-7,12,14,17H,2-3,8-11H2,1H3. The van der Waals surface area contributed by atoms with Gasteiger partial charge in [0.15, 0.2) is 0 Å². The smallest absolute Gasteiger partial charge is 0.216 e. The highest BCUT2D eigenvalue weighted by atomic mass is 16.5. The van der Waals surface area contributed by atoms with E-state index in [1.165, 1.54) is 31.4 Å². The summed E-state index contributed by atoms with van der Waals surface area (Å²) in [7, 11) is 0. The Morgan fingerprint density at radius 2 is 2.16 bits per heavy atom. The number of nitrogens with one attached hydrogen (secondary N) is 1. The lowest BCUT2D eigenvalue weighted by Crippen LogP contribution is -2.30. The average molecular weight is 258 g/mol. The molecule has 0 aliphatic carbocycles. The monoisotopic (exact) mass is 258 g/mol. The summed E-state index contributed by atoms with van der Waals surface area (Å²) < 4.78 is 5.58. The number of aliphatic imine (C=N–C) groups is 1. The van der Waals surface area contributed by atoms with Crippen molar-refractivity contribution >= 4 is 5.90 Å². The average Bonchev–Trinajstić information content (AvgIpc) is 2.87. The molecule has 3 nitrogen and oxygen atoms in total. The van der Waals surface area contributed by atoms with Gasteiger partial charge in [-0.15, -0.1) is 0 Å². The van der Waals surface area contributed by atoms with Crippen molar-refractivity contribution in [2.45, 2.75) is 32.2 Å². The van der Waals surface area contributed by atoms with Crippen LogP contribution in [0.3, 0.4) is 0 Å². The molecule has 1 fully saturated rings. The zero-order valence-electron chi connectivity index (χ0n) is 11.6. The minimum absolute atomic E-state index is 0.294. The lowest BCUT2D eigenvalue weighted by Gasteiger charge is -2.22. The molecule has 2 atom stereocenters. The maximum Gasteiger partial charge on any atom is 0.216 e. The van der Waals surface area contributed by atoms with Crippen LogP contribution in [-0.2, 0) is 11.2 Å². The maximum atomic E-state index is 5.58. The van der Waals surface area contributed by atoms with Crippen LogP contribution in [0, 0.1) is 5.92 Å². The second-order valence-corrected chi connectivity index (χ2v) is 5.71. The van der Waals surface area contributed by atoms with Gasteiger partial charge in [-0.2, -0.15) is 0 Å². The molecule has 1 N–H and O–H groups in total. The molecular formula is C16H22N2O. The van der Waals surface area contributed by atoms with E-state index < -0.39 is 0 Å². The molecule has 1 aromatic carbocycles. The lowest BCUT2D eigenvalue weighted by molar-refractivity contribution is 0.324. The third-order valence-electron chi connectivity index (χ3n) is 3.92. The molecule has 3 heteroatoms. The summed E-state index contributed by atoms with van der Waals surface area (Å²) in [6.07, 6.45) is 3.84. The van der Waals surface area contributed by atoms with Crippen molar-refractivity contribution in [3.05, 3.63) is 35.4 Å². The van der Waals surface area contributed by atoms with E-state index in [2.05, 4.69) is 41.5 Å². The molecule has 2 heterocycles. The highest BCUT2D eigenvalue weighted by Crippen LogP contribution is 2.18. The van der Waals surface area contributed by atoms with Gasteiger partial charge in [0, 0.05) is 5.56 Å². The van der Waals surface area contributed by atoms with Gasteiger partial charge in [0.2, 0.25) is 5.90 Å². The summed E-state index contributed by atoms with van der Waals surface area (Å²) in [4.78, 5) is 4.49. The highest BCUT2D eigenvalue weighted by Gasteiger charge is 2.17. The van der Waals surface area contributed by atoms with Crippen molar-refractivity contribution in [1.82, 2.24) is 5.32 Å². The van der Waals surface area contributed by atoms with Crippen molar-refractivity contribution in [3.8, 4) is 0 Å². The molecular weight excluding hydrogens is 236 g/mol. The number of rotatable bonds is 3. The molecule has 3 rings (SSSR count). The Morgan fingerprint density at radius 1 is 1.32 bits per heavy atom. The van der Waals surface area contributed by atoms with E-state index in [4.69, 9.17) is 4.74 Å². The molecule has 0 radical (unpaired) electrons. The van der Waals surface area contributed by atoms with E-state index in [-0.39, 0.29) is 0 Å². The normalized spacial score (nSPS) is 26.9. The van der Waals surface area contributed by atoms with E-state index in [1.807, 2.05) is 0 Å². The Morgan fingerprint density at radius 3 is 2.79 bits per heavy atom. The SMILES string of the molecule is CC1COC(c2ccc(CC3CCCNC3)cc2)=N1. The van der Waals surface area contributed by atoms with Gasteiger partial charge in [-0.25, -0.2) is 4.99 Å². The van der Waals surface area contributed by atoms with Crippen molar-refractivity contribution < 1.29 is 4.74 Å². The Balaban J connectivity index is 1.63. The molecule has 2 aliphatic rings. The minimum atomic E-state index is 0.294. The maximum absolute atomic E-state index is 5.58. The first-order chi connectivity index (χ1) is 9.31. The molecule has 0 amide bonds. The quantitative estimate of drug-likeness (QED) is 0.903. The van der Waals surface area contributed by atoms with Crippen LogP contribution in [0.15, 0.2) is 29.3 Å². The first-order valence-corrected chi connectivity index (χ1v) is 7.32. The number of piperidine rings is 1. The molecule has 0 bridgehead atoms. The second kappa shape index (κ2) is 5.74. The summed E-state index contributed by atoms with van der Waals surface area (Å²) >= 11 is 0. The van der Waals surface area contributed by atoms with Gasteiger partial charge >= 0.3 is 0 Å². The zero-order chi connectivity index (χ0) is 13.1. The van der Waals surface area contributed by atoms with Gasteiger partial charge in [0.05, 0.1) is 6.04 Å². The van der Waals surface area contributed by atoms with Crippen LogP contribution in [0.4, 0.5) is 0 Å². The molecule has 2 unspecified atom stereocenters. The Labute approximate surface area is 115 Å². The third kappa shape index (κ3) is 3.16. The Hall–Kier alpha value is -1.35. The van der Waals surface area contributed by atoms with Gasteiger partial charge in [-0.3, -0.25) is 0 Å². The fraction of sp³-hybridized carbons (Fsp3) is 0.562. The van der Waals surface area contributed by atoms with Crippen molar-refractivity contribution in [3.63, 3.8) is 0 Å². The summed E-state index contributed by atoms with van der Waals surface area (Å²) in [6.45, 7) is 5.14. The molecule has 19 heavy (non-hydrogen) atoms. The summed E-state index contributed by atoms with van der Waals surface area (Å²) in [5.74, 6) is 1.60. The van der Waals surface area contributed by atoms with Crippen molar-refractivity contribution in [1.29, 1.82) is 0 Å². The number of nitrogens with zero attached hydrogens (tertiary/aromatic N) is 1. The fourth-order valence-electron chi connectivity index (χ4n) is 2.85. The molecule has 102 valence electrons. The minimum Gasteiger partial charge on any atom is -0.475 e. The Bertz CT molecular complexity index is 446. The topological polar surface area (TPSA) is 33.6 Å². The molecule has 0 saturated carbocycles. The van der Waals surface area contributed by atoms with Gasteiger partial charge in [0.25, 0.3) is 0 Å². The van der Waals surface area contributed by atoms with Crippen LogP contribution in [0.25, 0.3) is 0 Å². The van der Waals surface area contributed by atoms with Gasteiger partial charge in [-0.1, -0.05) is 12.1 Å². The largest absolute Gasteiger partial charge is 0.475 e. The molecule has 1 aromatic rings. The van der Waals surface area contributed by atoms with E-state index in [1.54, 1.807) is 0 Å². The first kappa shape index (κ1) is 12.7.